The zero-order chi connectivity index (χ0) is 19.8. The van der Waals surface area contributed by atoms with Crippen molar-refractivity contribution in [1.29, 1.82) is 0 Å². The Morgan fingerprint density at radius 2 is 2.11 bits per heavy atom. The molecule has 0 aliphatic heterocycles. The van der Waals surface area contributed by atoms with Gasteiger partial charge in [-0.05, 0) is 37.5 Å². The number of fused-ring (bicyclic) bond motifs is 1. The maximum absolute atomic E-state index is 13.8. The van der Waals surface area contributed by atoms with Gasteiger partial charge in [-0.3, -0.25) is 4.79 Å². The molecule has 0 saturated carbocycles. The van der Waals surface area contributed by atoms with Crippen molar-refractivity contribution in [1.82, 2.24) is 4.98 Å². The average Bonchev–Trinajstić information content (AvgIpc) is 3.27. The molecule has 6 nitrogen and oxygen atoms in total. The van der Waals surface area contributed by atoms with Crippen molar-refractivity contribution >= 4 is 44.9 Å². The lowest BCUT2D eigenvalue weighted by molar-refractivity contribution is 0.0698. The number of nitrogens with one attached hydrogen (secondary N) is 1. The number of halogens is 1. The molecule has 0 radical (unpaired) electrons. The first-order valence-corrected chi connectivity index (χ1v) is 9.40. The Bertz CT molecular complexity index is 1170. The van der Waals surface area contributed by atoms with Crippen molar-refractivity contribution in [3.8, 4) is 0 Å². The fourth-order valence-electron chi connectivity index (χ4n) is 3.03. The van der Waals surface area contributed by atoms with Gasteiger partial charge in [0, 0.05) is 10.9 Å². The summed E-state index contributed by atoms with van der Waals surface area (Å²) < 4.78 is 19.0. The van der Waals surface area contributed by atoms with Crippen molar-refractivity contribution in [3.63, 3.8) is 0 Å². The Hall–Kier alpha value is -3.26. The van der Waals surface area contributed by atoms with E-state index >= 15 is 0 Å². The summed E-state index contributed by atoms with van der Waals surface area (Å²) in [5.41, 5.74) is 2.84. The van der Waals surface area contributed by atoms with Gasteiger partial charge in [-0.25, -0.2) is 14.2 Å². The summed E-state index contributed by atoms with van der Waals surface area (Å²) >= 11 is 1.11. The lowest BCUT2D eigenvalue weighted by atomic mass is 9.93. The zero-order valence-corrected chi connectivity index (χ0v) is 15.6. The largest absolute Gasteiger partial charge is 0.478 e. The van der Waals surface area contributed by atoms with E-state index in [0.29, 0.717) is 5.56 Å². The van der Waals surface area contributed by atoms with Gasteiger partial charge < -0.3 is 14.8 Å². The van der Waals surface area contributed by atoms with Gasteiger partial charge in [0.25, 0.3) is 5.89 Å². The number of anilines is 1. The third-order valence-electron chi connectivity index (χ3n) is 4.50. The number of thiophene rings is 1. The van der Waals surface area contributed by atoms with Gasteiger partial charge in [-0.15, -0.1) is 11.3 Å². The summed E-state index contributed by atoms with van der Waals surface area (Å²) in [6, 6.07) is 4.17. The number of rotatable bonds is 4. The number of aromatic carboxylic acids is 1. The molecule has 1 aliphatic carbocycles. The first-order chi connectivity index (χ1) is 13.4. The first-order valence-electron chi connectivity index (χ1n) is 8.52. The second kappa shape index (κ2) is 7.05. The molecule has 2 aromatic heterocycles. The Kier molecular flexibility index (Phi) is 4.56. The number of carbonyl (C=O) groups excluding carboxylic acids is 1. The van der Waals surface area contributed by atoms with Crippen molar-refractivity contribution in [2.75, 3.05) is 5.32 Å². The van der Waals surface area contributed by atoms with Crippen LogP contribution in [0.15, 0.2) is 45.7 Å². The lowest BCUT2D eigenvalue weighted by Crippen LogP contribution is -2.14. The smallest absolute Gasteiger partial charge is 0.339 e. The van der Waals surface area contributed by atoms with E-state index in [0.717, 1.165) is 29.8 Å². The molecular formula is C20H15FN2O4S. The van der Waals surface area contributed by atoms with Gasteiger partial charge in [0.2, 0.25) is 0 Å². The number of hydrogen-bond acceptors (Lipinski definition) is 5. The number of oxazole rings is 1. The molecule has 0 fully saturated rings. The second-order valence-corrected chi connectivity index (χ2v) is 7.30. The predicted octanol–water partition coefficient (Wildman–Crippen LogP) is 5.10. The van der Waals surface area contributed by atoms with Gasteiger partial charge in [0.1, 0.15) is 16.1 Å². The number of hydrogen-bond donors (Lipinski definition) is 2. The Balaban J connectivity index is 1.66. The molecular weight excluding hydrogens is 383 g/mol. The highest BCUT2D eigenvalue weighted by Crippen LogP contribution is 2.37. The Labute approximate surface area is 163 Å². The number of para-hydroxylation sites is 1. The lowest BCUT2D eigenvalue weighted by Gasteiger charge is -2.12. The summed E-state index contributed by atoms with van der Waals surface area (Å²) in [6.45, 7) is 2.02. The molecule has 0 bridgehead atoms. The van der Waals surface area contributed by atoms with Crippen molar-refractivity contribution in [3.05, 3.63) is 64.1 Å². The van der Waals surface area contributed by atoms with Crippen LogP contribution in [0.1, 0.15) is 46.4 Å². The van der Waals surface area contributed by atoms with Crippen molar-refractivity contribution in [2.45, 2.75) is 19.8 Å². The van der Waals surface area contributed by atoms with Crippen molar-refractivity contribution < 1.29 is 23.5 Å². The molecule has 28 heavy (non-hydrogen) atoms. The minimum atomic E-state index is -1.14. The maximum Gasteiger partial charge on any atom is 0.339 e. The zero-order valence-electron chi connectivity index (χ0n) is 14.8. The summed E-state index contributed by atoms with van der Waals surface area (Å²) in [5, 5.41) is 14.1. The maximum atomic E-state index is 13.8. The minimum Gasteiger partial charge on any atom is -0.478 e. The number of carbonyl (C=O) groups is 2. The summed E-state index contributed by atoms with van der Waals surface area (Å²) in [5.74, 6) is -2.80. The topological polar surface area (TPSA) is 92.4 Å². The van der Waals surface area contributed by atoms with E-state index in [1.807, 2.05) is 19.1 Å². The molecule has 8 heteroatoms. The van der Waals surface area contributed by atoms with Gasteiger partial charge in [-0.2, -0.15) is 0 Å². The second-order valence-electron chi connectivity index (χ2n) is 6.42. The van der Waals surface area contributed by atoms with E-state index in [4.69, 9.17) is 4.42 Å². The summed E-state index contributed by atoms with van der Waals surface area (Å²) in [6.07, 6.45) is 5.46. The number of nitrogens with zero attached hydrogens (tertiary/aromatic N) is 1. The molecule has 142 valence electrons. The number of aromatic nitrogens is 1. The van der Waals surface area contributed by atoms with Crippen LogP contribution < -0.4 is 5.32 Å². The van der Waals surface area contributed by atoms with Gasteiger partial charge >= 0.3 is 11.9 Å². The van der Waals surface area contributed by atoms with Crippen LogP contribution >= 0.6 is 11.3 Å². The number of carboxylic acids is 1. The van der Waals surface area contributed by atoms with Gasteiger partial charge in [0.15, 0.2) is 11.4 Å². The third kappa shape index (κ3) is 3.22. The highest BCUT2D eigenvalue weighted by molar-refractivity contribution is 7.15. The average molecular weight is 398 g/mol. The molecule has 1 amide bonds. The minimum absolute atomic E-state index is 0.0276. The first kappa shape index (κ1) is 18.1. The van der Waals surface area contributed by atoms with E-state index in [-0.39, 0.29) is 27.6 Å². The third-order valence-corrected chi connectivity index (χ3v) is 5.40. The van der Waals surface area contributed by atoms with Crippen LogP contribution in [0, 0.1) is 5.82 Å². The van der Waals surface area contributed by atoms with E-state index in [2.05, 4.69) is 10.3 Å². The summed E-state index contributed by atoms with van der Waals surface area (Å²) in [4.78, 5) is 28.2. The molecule has 0 spiro atoms. The molecule has 1 aromatic carbocycles. The van der Waals surface area contributed by atoms with Crippen LogP contribution in [-0.2, 0) is 0 Å². The SMILES string of the molecule is CC1=CC=C(c2csc(NC(=O)c3nc4c(F)cccc4o3)c2C(=O)O)CC1. The number of allylic oxidation sites excluding steroid dienone is 4. The number of amides is 1. The fraction of sp³-hybridized carbons (Fsp3) is 0.150. The van der Waals surface area contributed by atoms with Crippen LogP contribution in [0.25, 0.3) is 16.7 Å². The van der Waals surface area contributed by atoms with E-state index in [1.165, 1.54) is 23.8 Å². The highest BCUT2D eigenvalue weighted by Gasteiger charge is 2.25. The van der Waals surface area contributed by atoms with Gasteiger partial charge in [-0.1, -0.05) is 23.8 Å². The predicted molar refractivity (Wildman–Crippen MR) is 104 cm³/mol. The molecule has 0 unspecified atom stereocenters. The molecule has 1 aliphatic rings. The summed E-state index contributed by atoms with van der Waals surface area (Å²) in [7, 11) is 0. The van der Waals surface area contributed by atoms with Crippen molar-refractivity contribution in [2.24, 2.45) is 0 Å². The molecule has 3 aromatic rings. The quantitative estimate of drug-likeness (QED) is 0.638. The van der Waals surface area contributed by atoms with E-state index in [9.17, 15) is 19.1 Å². The molecule has 2 heterocycles. The molecule has 4 rings (SSSR count). The van der Waals surface area contributed by atoms with Gasteiger partial charge in [0.05, 0.1) is 0 Å². The van der Waals surface area contributed by atoms with Crippen LogP contribution in [0.4, 0.5) is 9.39 Å². The van der Waals surface area contributed by atoms with Crippen LogP contribution in [0.2, 0.25) is 0 Å². The number of benzene rings is 1. The Morgan fingerprint density at radius 3 is 2.79 bits per heavy atom. The molecule has 0 saturated heterocycles. The van der Waals surface area contributed by atoms with Crippen LogP contribution in [-0.4, -0.2) is 22.0 Å². The monoisotopic (exact) mass is 398 g/mol. The van der Waals surface area contributed by atoms with E-state index < -0.39 is 17.7 Å². The molecule has 2 N–H and O–H groups in total. The van der Waals surface area contributed by atoms with Crippen LogP contribution in [0.5, 0.6) is 0 Å². The normalized spacial score (nSPS) is 13.9. The number of carboxylic acid groups (broad SMARTS) is 1. The Morgan fingerprint density at radius 1 is 1.29 bits per heavy atom. The highest BCUT2D eigenvalue weighted by atomic mass is 32.1. The standard InChI is InChI=1S/C20H15FN2O4S/c1-10-5-7-11(8-6-10)12-9-28-19(15(12)20(25)26)23-17(24)18-22-16-13(21)3-2-4-14(16)27-18/h2-5,7,9H,6,8H2,1H3,(H,23,24)(H,25,26). The fourth-order valence-corrected chi connectivity index (χ4v) is 4.00. The molecule has 0 atom stereocenters. The van der Waals surface area contributed by atoms with E-state index in [1.54, 1.807) is 5.38 Å². The van der Waals surface area contributed by atoms with Crippen LogP contribution in [0.3, 0.4) is 0 Å².